The normalized spacial score (nSPS) is 13.0. The van der Waals surface area contributed by atoms with Crippen LogP contribution in [0.1, 0.15) is 6.92 Å². The van der Waals surface area contributed by atoms with Crippen LogP contribution in [-0.4, -0.2) is 53.3 Å². The summed E-state index contributed by atoms with van der Waals surface area (Å²) in [7, 11) is -13.7. The number of benzene rings is 2. The van der Waals surface area contributed by atoms with Crippen LogP contribution < -0.4 is 5.32 Å². The van der Waals surface area contributed by atoms with Gasteiger partial charge >= 0.3 is 10.4 Å². The third kappa shape index (κ3) is 5.60. The SMILES string of the molecule is CCNc1ccc2cc(S(=O)(=O)O)cc(S(=O)(=O)CCOS(=O)(=O)O)c2c1. The van der Waals surface area contributed by atoms with Crippen LogP contribution in [0.5, 0.6) is 0 Å². The molecule has 0 aliphatic carbocycles. The number of rotatable bonds is 8. The summed E-state index contributed by atoms with van der Waals surface area (Å²) in [5.74, 6) is -0.845. The molecule has 0 aliphatic rings. The summed E-state index contributed by atoms with van der Waals surface area (Å²) in [6.07, 6.45) is 0. The fraction of sp³-hybridized carbons (Fsp3) is 0.286. The molecule has 150 valence electrons. The summed E-state index contributed by atoms with van der Waals surface area (Å²) >= 11 is 0. The first-order chi connectivity index (χ1) is 12.3. The Bertz CT molecular complexity index is 1170. The summed E-state index contributed by atoms with van der Waals surface area (Å²) < 4.78 is 91.2. The lowest BCUT2D eigenvalue weighted by molar-refractivity contribution is 0.284. The molecule has 0 heterocycles. The van der Waals surface area contributed by atoms with Gasteiger partial charge in [-0.3, -0.25) is 9.11 Å². The molecular formula is C14H17NO9S3. The van der Waals surface area contributed by atoms with Crippen molar-refractivity contribution in [3.05, 3.63) is 30.3 Å². The van der Waals surface area contributed by atoms with Gasteiger partial charge in [0.25, 0.3) is 10.1 Å². The van der Waals surface area contributed by atoms with Crippen molar-refractivity contribution in [2.24, 2.45) is 0 Å². The van der Waals surface area contributed by atoms with E-state index >= 15 is 0 Å². The van der Waals surface area contributed by atoms with E-state index in [0.717, 1.165) is 12.1 Å². The molecule has 10 nitrogen and oxygen atoms in total. The van der Waals surface area contributed by atoms with Crippen LogP contribution in [0.15, 0.2) is 40.1 Å². The zero-order valence-corrected chi connectivity index (χ0v) is 16.4. The lowest BCUT2D eigenvalue weighted by Crippen LogP contribution is -2.16. The van der Waals surface area contributed by atoms with Crippen LogP contribution in [0.2, 0.25) is 0 Å². The van der Waals surface area contributed by atoms with E-state index in [1.54, 1.807) is 6.07 Å². The van der Waals surface area contributed by atoms with E-state index in [1.807, 2.05) is 6.92 Å². The average molecular weight is 439 g/mol. The molecule has 27 heavy (non-hydrogen) atoms. The molecule has 2 aromatic rings. The van der Waals surface area contributed by atoms with Crippen molar-refractivity contribution in [2.45, 2.75) is 16.7 Å². The molecule has 3 N–H and O–H groups in total. The third-order valence-electron chi connectivity index (χ3n) is 3.49. The first kappa shape index (κ1) is 21.5. The summed E-state index contributed by atoms with van der Waals surface area (Å²) in [6.45, 7) is 1.51. The van der Waals surface area contributed by atoms with E-state index in [2.05, 4.69) is 9.50 Å². The highest BCUT2D eigenvalue weighted by Crippen LogP contribution is 2.30. The smallest absolute Gasteiger partial charge is 0.385 e. The predicted octanol–water partition coefficient (Wildman–Crippen LogP) is 1.11. The molecule has 2 aromatic carbocycles. The van der Waals surface area contributed by atoms with Crippen LogP contribution in [0, 0.1) is 0 Å². The van der Waals surface area contributed by atoms with Gasteiger partial charge in [0.05, 0.1) is 22.2 Å². The molecule has 0 radical (unpaired) electrons. The minimum Gasteiger partial charge on any atom is -0.385 e. The van der Waals surface area contributed by atoms with Crippen molar-refractivity contribution < 1.29 is 38.5 Å². The maximum Gasteiger partial charge on any atom is 0.397 e. The molecule has 0 bridgehead atoms. The Balaban J connectivity index is 2.64. The molecule has 0 spiro atoms. The summed E-state index contributed by atoms with van der Waals surface area (Å²) in [5.41, 5.74) is 0.579. The maximum atomic E-state index is 12.6. The first-order valence-electron chi connectivity index (χ1n) is 7.47. The van der Waals surface area contributed by atoms with E-state index in [-0.39, 0.29) is 10.8 Å². The van der Waals surface area contributed by atoms with Crippen LogP contribution >= 0.6 is 0 Å². The predicted molar refractivity (Wildman–Crippen MR) is 97.5 cm³/mol. The molecule has 0 atom stereocenters. The van der Waals surface area contributed by atoms with Gasteiger partial charge in [-0.1, -0.05) is 6.07 Å². The van der Waals surface area contributed by atoms with Crippen LogP contribution in [-0.2, 0) is 34.5 Å². The van der Waals surface area contributed by atoms with Gasteiger partial charge in [-0.05, 0) is 36.6 Å². The highest BCUT2D eigenvalue weighted by Gasteiger charge is 2.23. The zero-order valence-electron chi connectivity index (χ0n) is 14.0. The zero-order chi connectivity index (χ0) is 20.5. The molecule has 13 heteroatoms. The van der Waals surface area contributed by atoms with Gasteiger partial charge in [0, 0.05) is 17.6 Å². The van der Waals surface area contributed by atoms with Gasteiger partial charge in [0.15, 0.2) is 9.84 Å². The van der Waals surface area contributed by atoms with Crippen molar-refractivity contribution in [3.63, 3.8) is 0 Å². The van der Waals surface area contributed by atoms with Gasteiger partial charge in [0.1, 0.15) is 0 Å². The van der Waals surface area contributed by atoms with E-state index in [4.69, 9.17) is 4.55 Å². The van der Waals surface area contributed by atoms with Crippen molar-refractivity contribution >= 4 is 46.8 Å². The molecule has 2 rings (SSSR count). The summed E-state index contributed by atoms with van der Waals surface area (Å²) in [5, 5.41) is 3.40. The fourth-order valence-corrected chi connectivity index (χ4v) is 4.73. The lowest BCUT2D eigenvalue weighted by atomic mass is 10.1. The Morgan fingerprint density at radius 3 is 2.22 bits per heavy atom. The maximum absolute atomic E-state index is 12.6. The second-order valence-corrected chi connectivity index (χ2v) is 10.0. The number of anilines is 1. The van der Waals surface area contributed by atoms with E-state index < -0.39 is 52.5 Å². The first-order valence-corrected chi connectivity index (χ1v) is 11.9. The Morgan fingerprint density at radius 2 is 1.67 bits per heavy atom. The third-order valence-corrected chi connectivity index (χ3v) is 6.50. The number of nitrogens with one attached hydrogen (secondary N) is 1. The number of hydrogen-bond acceptors (Lipinski definition) is 8. The average Bonchev–Trinajstić information content (AvgIpc) is 2.51. The second-order valence-electron chi connectivity index (χ2n) is 5.43. The Kier molecular flexibility index (Phi) is 6.13. The minimum atomic E-state index is -4.83. The molecule has 0 saturated carbocycles. The highest BCUT2D eigenvalue weighted by atomic mass is 32.3. The molecule has 0 saturated heterocycles. The molecule has 0 fully saturated rings. The molecule has 0 aromatic heterocycles. The van der Waals surface area contributed by atoms with E-state index in [1.165, 1.54) is 12.1 Å². The largest absolute Gasteiger partial charge is 0.397 e. The van der Waals surface area contributed by atoms with Gasteiger partial charge in [0.2, 0.25) is 0 Å². The Hall–Kier alpha value is -1.77. The quantitative estimate of drug-likeness (QED) is 0.507. The fourth-order valence-electron chi connectivity index (χ4n) is 2.38. The standard InChI is InChI=1S/C14H17NO9S3/c1-2-15-11-4-3-10-7-12(26(18,19)20)9-14(13(10)8-11)25(16,17)6-5-24-27(21,22)23/h3-4,7-9,15H,2,5-6H2,1H3,(H,18,19,20)(H,21,22,23). The monoisotopic (exact) mass is 439 g/mol. The van der Waals surface area contributed by atoms with Gasteiger partial charge in [-0.25, -0.2) is 12.6 Å². The highest BCUT2D eigenvalue weighted by molar-refractivity contribution is 7.91. The van der Waals surface area contributed by atoms with Crippen LogP contribution in [0.4, 0.5) is 5.69 Å². The number of hydrogen-bond donors (Lipinski definition) is 3. The number of sulfone groups is 1. The summed E-state index contributed by atoms with van der Waals surface area (Å²) in [4.78, 5) is -1.05. The van der Waals surface area contributed by atoms with Crippen molar-refractivity contribution in [3.8, 4) is 0 Å². The minimum absolute atomic E-state index is 0.174. The van der Waals surface area contributed by atoms with Gasteiger partial charge in [-0.15, -0.1) is 0 Å². The molecular weight excluding hydrogens is 422 g/mol. The number of fused-ring (bicyclic) bond motifs is 1. The van der Waals surface area contributed by atoms with Crippen molar-refractivity contribution in [1.29, 1.82) is 0 Å². The summed E-state index contributed by atoms with van der Waals surface area (Å²) in [6, 6.07) is 6.49. The van der Waals surface area contributed by atoms with Crippen molar-refractivity contribution in [2.75, 3.05) is 24.2 Å². The lowest BCUT2D eigenvalue weighted by Gasteiger charge is -2.12. The van der Waals surface area contributed by atoms with Gasteiger partial charge in [-0.2, -0.15) is 16.8 Å². The second kappa shape index (κ2) is 7.69. The van der Waals surface area contributed by atoms with Gasteiger partial charge < -0.3 is 5.32 Å². The Labute approximate surface area is 156 Å². The van der Waals surface area contributed by atoms with Crippen LogP contribution in [0.3, 0.4) is 0 Å². The van der Waals surface area contributed by atoms with E-state index in [9.17, 15) is 29.8 Å². The Morgan fingerprint density at radius 1 is 1.00 bits per heavy atom. The molecule has 0 aliphatic heterocycles. The molecule has 0 unspecified atom stereocenters. The molecule has 0 amide bonds. The van der Waals surface area contributed by atoms with Crippen molar-refractivity contribution in [1.82, 2.24) is 0 Å². The topological polar surface area (TPSA) is 164 Å². The van der Waals surface area contributed by atoms with E-state index in [0.29, 0.717) is 12.2 Å². The van der Waals surface area contributed by atoms with Crippen LogP contribution in [0.25, 0.3) is 10.8 Å².